The Labute approximate surface area is 497 Å². The third-order valence-corrected chi connectivity index (χ3v) is 21.1. The van der Waals surface area contributed by atoms with E-state index in [4.69, 9.17) is 61.0 Å². The van der Waals surface area contributed by atoms with Crippen molar-refractivity contribution in [1.82, 2.24) is 0 Å². The molecule has 0 spiro atoms. The zero-order valence-electron chi connectivity index (χ0n) is 44.7. The zero-order chi connectivity index (χ0) is 55.2. The van der Waals surface area contributed by atoms with Crippen LogP contribution in [0.25, 0.3) is 87.6 Å². The average Bonchev–Trinajstić information content (AvgIpc) is 3.62. The Kier molecular flexibility index (Phi) is 17.3. The number of hydrogen-bond acceptors (Lipinski definition) is 4. The molecule has 0 aliphatic heterocycles. The third-order valence-electron chi connectivity index (χ3n) is 15.2. The predicted octanol–water partition coefficient (Wildman–Crippen LogP) is 18.9. The molecule has 0 bridgehead atoms. The van der Waals surface area contributed by atoms with Gasteiger partial charge >= 0.3 is 11.3 Å². The maximum absolute atomic E-state index is 12.7. The first-order valence-electron chi connectivity index (χ1n) is 26.3. The first-order valence-corrected chi connectivity index (χ1v) is 34.8. The number of benzene rings is 10. The van der Waals surface area contributed by atoms with Gasteiger partial charge in [-0.05, 0) is 125 Å². The number of aromatic hydroxyl groups is 2. The summed E-state index contributed by atoms with van der Waals surface area (Å²) in [4.78, 5) is 10.6. The number of hydrogen-bond donors (Lipinski definition) is 2. The second kappa shape index (κ2) is 23.7. The van der Waals surface area contributed by atoms with Crippen LogP contribution in [-0.2, 0) is 24.1 Å². The second-order valence-electron chi connectivity index (χ2n) is 22.3. The largest absolute Gasteiger partial charge is 0 e. The smallest absolute Gasteiger partial charge is 0 e. The molecule has 79 heavy (non-hydrogen) atoms. The molecule has 0 amide bonds. The molecule has 10 aromatic rings. The van der Waals surface area contributed by atoms with Crippen molar-refractivity contribution in [3.8, 4) is 56.0 Å². The molecule has 2 N–H and O–H groups in total. The van der Waals surface area contributed by atoms with Crippen LogP contribution >= 0.6 is 46.4 Å². The molecule has 0 unspecified atom stereocenters. The van der Waals surface area contributed by atoms with E-state index in [0.717, 1.165) is 124 Å². The molecule has 11 rings (SSSR count). The van der Waals surface area contributed by atoms with Gasteiger partial charge < -0.3 is 10.2 Å². The van der Waals surface area contributed by atoms with Crippen LogP contribution in [0.4, 0.5) is 0 Å². The van der Waals surface area contributed by atoms with E-state index in [9.17, 15) is 10.2 Å². The summed E-state index contributed by atoms with van der Waals surface area (Å²) in [5.41, 5.74) is 8.07. The van der Waals surface area contributed by atoms with E-state index in [2.05, 4.69) is 119 Å². The van der Waals surface area contributed by atoms with E-state index in [1.54, 1.807) is 0 Å². The average molecular weight is 1240 g/mol. The SMILES string of the molecule is C[Si](C)(C)c1c(Cl)cc(-c2ccc3ccccc3c2-c2c(O)c(C=N[C@@H]3CCCC[C@H]3N=Cc3cc4ccccc4c(-c4c(-c5cc(Cl)c([Si](C)(C)C)c(Cl)c5)ccc5ccccc45)c3O)cc3ccccc23)cc1Cl.[C-]#[O+].[Ru]. The summed E-state index contributed by atoms with van der Waals surface area (Å²) in [5.74, 6) is 0.287. The minimum atomic E-state index is -1.87. The molecule has 12 heteroatoms. The van der Waals surface area contributed by atoms with E-state index < -0.39 is 16.1 Å². The predicted molar refractivity (Wildman–Crippen MR) is 339 cm³/mol. The van der Waals surface area contributed by atoms with Crippen molar-refractivity contribution in [3.63, 3.8) is 0 Å². The van der Waals surface area contributed by atoms with Crippen LogP contribution in [0.5, 0.6) is 11.5 Å². The van der Waals surface area contributed by atoms with Gasteiger partial charge in [0.25, 0.3) is 0 Å². The van der Waals surface area contributed by atoms with E-state index in [1.165, 1.54) is 0 Å². The Morgan fingerprint density at radius 1 is 0.443 bits per heavy atom. The Hall–Kier alpha value is -5.86. The summed E-state index contributed by atoms with van der Waals surface area (Å²) >= 11 is 28.4. The van der Waals surface area contributed by atoms with Crippen molar-refractivity contribution in [2.45, 2.75) is 77.0 Å². The van der Waals surface area contributed by atoms with E-state index >= 15 is 0 Å². The second-order valence-corrected chi connectivity index (χ2v) is 34.0. The maximum Gasteiger partial charge on any atom is 0 e. The number of rotatable bonds is 10. The van der Waals surface area contributed by atoms with Crippen molar-refractivity contribution in [3.05, 3.63) is 196 Å². The first kappa shape index (κ1) is 57.8. The topological polar surface area (TPSA) is 85.1 Å². The summed E-state index contributed by atoms with van der Waals surface area (Å²) in [6, 6.07) is 53.3. The number of fused-ring (bicyclic) bond motifs is 4. The number of nitrogens with zero attached hydrogens (tertiary/aromatic N) is 2. The molecule has 1 aliphatic rings. The van der Waals surface area contributed by atoms with E-state index in [-0.39, 0.29) is 43.1 Å². The van der Waals surface area contributed by atoms with Gasteiger partial charge in [0.1, 0.15) is 11.5 Å². The molecule has 0 aromatic heterocycles. The molecule has 10 aromatic carbocycles. The normalized spacial score (nSPS) is 15.0. The number of phenols is 2. The molecule has 1 saturated carbocycles. The Bertz CT molecular complexity index is 3780. The van der Waals surface area contributed by atoms with E-state index in [0.29, 0.717) is 31.2 Å². The monoisotopic (exact) mass is 1240 g/mol. The zero-order valence-corrected chi connectivity index (χ0v) is 51.5. The molecule has 0 heterocycles. The van der Waals surface area contributed by atoms with Gasteiger partial charge in [-0.15, -0.1) is 0 Å². The molecule has 2 atom stereocenters. The fraction of sp³-hybridized carbons (Fsp3) is 0.179. The van der Waals surface area contributed by atoms with Gasteiger partial charge in [-0.3, -0.25) is 9.98 Å². The van der Waals surface area contributed by atoms with Gasteiger partial charge in [-0.1, -0.05) is 220 Å². The summed E-state index contributed by atoms with van der Waals surface area (Å²) in [6.07, 6.45) is 7.36. The van der Waals surface area contributed by atoms with Crippen molar-refractivity contribution >= 4 is 128 Å². The molecular formula is C67H58Cl4N2O3RuSi2. The summed E-state index contributed by atoms with van der Waals surface area (Å²) in [5, 5.41) is 38.1. The standard InChI is InChI=1S/C66H58Cl4N2O2Si2.CO.Ru/c1-75(2,3)65-53(67)33-43(34-54(65)68)51-29-27-39-17-7-11-21-47(39)59(51)61-49-23-13-9-19-41(49)31-45(63(61)73)37-71-57-25-15-16-26-58(57)72-38-46-32-42-20-10-14-24-50(42)62(64(46)74)60-48-22-12-8-18-40(48)28-30-52(60)44-35-55(69)66(56(70)36-44)76(4,5)6;1-2;/h7-14,17-24,27-38,57-58,73-74H,15-16,25-26H2,1-6H3;;/t57-,58-;;/m1../s1. The molecule has 0 radical (unpaired) electrons. The van der Waals surface area contributed by atoms with Crippen LogP contribution in [-0.4, -0.2) is 50.9 Å². The van der Waals surface area contributed by atoms with Gasteiger partial charge in [-0.25, -0.2) is 0 Å². The van der Waals surface area contributed by atoms with Crippen LogP contribution in [0.15, 0.2) is 168 Å². The molecular weight excluding hydrogens is 1180 g/mol. The Balaban J connectivity index is 0.00000250. The molecule has 398 valence electrons. The fourth-order valence-electron chi connectivity index (χ4n) is 11.7. The fourth-order valence-corrected chi connectivity index (χ4v) is 19.2. The van der Waals surface area contributed by atoms with Crippen LogP contribution in [0, 0.1) is 6.65 Å². The van der Waals surface area contributed by atoms with Crippen LogP contribution < -0.4 is 10.4 Å². The van der Waals surface area contributed by atoms with Crippen molar-refractivity contribution in [2.75, 3.05) is 0 Å². The Morgan fingerprint density at radius 2 is 0.747 bits per heavy atom. The van der Waals surface area contributed by atoms with Gasteiger partial charge in [0, 0.05) is 85.4 Å². The maximum atomic E-state index is 12.7. The van der Waals surface area contributed by atoms with Crippen LogP contribution in [0.3, 0.4) is 0 Å². The summed E-state index contributed by atoms with van der Waals surface area (Å²) in [7, 11) is -3.75. The number of phenolic OH excluding ortho intramolecular Hbond substituents is 2. The third kappa shape index (κ3) is 11.3. The van der Waals surface area contributed by atoms with Crippen molar-refractivity contribution < 1.29 is 34.3 Å². The molecule has 1 fully saturated rings. The first-order chi connectivity index (χ1) is 37.5. The van der Waals surface area contributed by atoms with Crippen molar-refractivity contribution in [1.29, 1.82) is 0 Å². The number of halogens is 4. The van der Waals surface area contributed by atoms with Gasteiger partial charge in [0.2, 0.25) is 0 Å². The minimum Gasteiger partial charge on any atom is 0 e. The molecule has 0 saturated heterocycles. The van der Waals surface area contributed by atoms with Crippen molar-refractivity contribution in [2.24, 2.45) is 9.98 Å². The minimum absolute atomic E-state index is 0. The molecule has 5 nitrogen and oxygen atoms in total. The van der Waals surface area contributed by atoms with Gasteiger partial charge in [0.15, 0.2) is 0 Å². The summed E-state index contributed by atoms with van der Waals surface area (Å²) < 4.78 is 7.50. The quantitative estimate of drug-likeness (QED) is 0.0619. The summed E-state index contributed by atoms with van der Waals surface area (Å²) in [6.45, 7) is 18.0. The van der Waals surface area contributed by atoms with Crippen LogP contribution in [0.2, 0.25) is 59.4 Å². The molecule has 1 aliphatic carbocycles. The van der Waals surface area contributed by atoms with Crippen LogP contribution in [0.1, 0.15) is 36.8 Å². The van der Waals surface area contributed by atoms with Gasteiger partial charge in [0.05, 0.1) is 28.2 Å². The Morgan fingerprint density at radius 3 is 1.08 bits per heavy atom. The number of aliphatic imine (C=N–C) groups is 2. The van der Waals surface area contributed by atoms with Gasteiger partial charge in [-0.2, -0.15) is 0 Å². The van der Waals surface area contributed by atoms with E-state index in [1.807, 2.05) is 97.4 Å².